The Morgan fingerprint density at radius 1 is 1.40 bits per heavy atom. The third-order valence-electron chi connectivity index (χ3n) is 5.41. The Labute approximate surface area is 171 Å². The van der Waals surface area contributed by atoms with Crippen LogP contribution >= 0.6 is 0 Å². The van der Waals surface area contributed by atoms with E-state index in [1.165, 1.54) is 4.90 Å². The Bertz CT molecular complexity index is 881. The van der Waals surface area contributed by atoms with Gasteiger partial charge in [0.15, 0.2) is 0 Å². The van der Waals surface area contributed by atoms with Crippen LogP contribution in [-0.2, 0) is 30.9 Å². The average molecular weight is 446 g/mol. The van der Waals surface area contributed by atoms with E-state index >= 15 is 0 Å². The van der Waals surface area contributed by atoms with Crippen LogP contribution in [0.25, 0.3) is 0 Å². The Kier molecular flexibility index (Phi) is 5.83. The molecule has 0 aromatic carbocycles. The van der Waals surface area contributed by atoms with E-state index in [1.807, 2.05) is 0 Å². The van der Waals surface area contributed by atoms with Gasteiger partial charge in [-0.2, -0.15) is 13.5 Å². The van der Waals surface area contributed by atoms with Crippen LogP contribution in [-0.4, -0.2) is 92.9 Å². The second-order valence-corrected chi connectivity index (χ2v) is 8.53. The highest BCUT2D eigenvalue weighted by Gasteiger charge is 2.49. The Morgan fingerprint density at radius 2 is 2.23 bits per heavy atom. The van der Waals surface area contributed by atoms with Gasteiger partial charge in [-0.1, -0.05) is 0 Å². The second-order valence-electron chi connectivity index (χ2n) is 7.53. The Balaban J connectivity index is 1.22. The number of aromatic nitrogens is 4. The van der Waals surface area contributed by atoms with Gasteiger partial charge >= 0.3 is 16.4 Å². The number of hydroxylamine groups is 3. The number of carbonyl (C=O) groups excluding carboxylic acids is 2. The standard InChI is InChI=1S/C14H22N8O7S/c23-13(12-2-1-11-6-21(12)14(24)22(11)29-30(25,26)27)17-28-7-10-3-9(4-15-10)5-20-8-16-18-19-20/h8-12,15H,1-7H2,(H,17,23)(H,25,26,27)/t9-,10-,11-,12+/m1/s1. The van der Waals surface area contributed by atoms with Gasteiger partial charge in [0.05, 0.1) is 12.6 Å². The number of hydrogen-bond acceptors (Lipinski definition) is 10. The number of fused-ring (bicyclic) bond motifs is 2. The fourth-order valence-corrected chi connectivity index (χ4v) is 4.47. The van der Waals surface area contributed by atoms with Crippen LogP contribution in [0.5, 0.6) is 0 Å². The maximum atomic E-state index is 12.5. The highest BCUT2D eigenvalue weighted by Crippen LogP contribution is 2.30. The molecule has 3 aliphatic rings. The van der Waals surface area contributed by atoms with Crippen LogP contribution in [0.3, 0.4) is 0 Å². The number of rotatable bonds is 8. The maximum Gasteiger partial charge on any atom is 0.418 e. The smallest absolute Gasteiger partial charge is 0.311 e. The van der Waals surface area contributed by atoms with E-state index in [0.29, 0.717) is 30.4 Å². The summed E-state index contributed by atoms with van der Waals surface area (Å²) >= 11 is 0. The number of hydrogen-bond donors (Lipinski definition) is 3. The third-order valence-corrected chi connectivity index (χ3v) is 5.76. The van der Waals surface area contributed by atoms with Gasteiger partial charge in [-0.25, -0.2) is 15.0 Å². The molecule has 0 saturated carbocycles. The molecule has 4 atom stereocenters. The summed E-state index contributed by atoms with van der Waals surface area (Å²) in [4.78, 5) is 31.3. The predicted octanol–water partition coefficient (Wildman–Crippen LogP) is -2.30. The molecule has 0 spiro atoms. The summed E-state index contributed by atoms with van der Waals surface area (Å²) in [5.74, 6) is -0.164. The van der Waals surface area contributed by atoms with E-state index in [4.69, 9.17) is 9.39 Å². The van der Waals surface area contributed by atoms with E-state index in [9.17, 15) is 18.0 Å². The first kappa shape index (κ1) is 20.9. The lowest BCUT2D eigenvalue weighted by Gasteiger charge is -2.29. The summed E-state index contributed by atoms with van der Waals surface area (Å²) in [6.45, 7) is 1.83. The minimum atomic E-state index is -4.83. The number of piperidine rings is 1. The van der Waals surface area contributed by atoms with Gasteiger partial charge in [-0.3, -0.25) is 14.2 Å². The summed E-state index contributed by atoms with van der Waals surface area (Å²) in [6.07, 6.45) is 3.04. The quantitative estimate of drug-likeness (QED) is 0.288. The van der Waals surface area contributed by atoms with E-state index in [1.54, 1.807) is 11.0 Å². The normalized spacial score (nSPS) is 28.9. The van der Waals surface area contributed by atoms with Crippen LogP contribution in [0.2, 0.25) is 0 Å². The van der Waals surface area contributed by atoms with Crippen LogP contribution < -0.4 is 10.8 Å². The van der Waals surface area contributed by atoms with E-state index < -0.39 is 34.4 Å². The number of amides is 3. The van der Waals surface area contributed by atoms with Crippen molar-refractivity contribution in [2.45, 2.75) is 43.9 Å². The molecule has 1 aromatic heterocycles. The molecule has 3 N–H and O–H groups in total. The molecule has 3 fully saturated rings. The Hall–Kier alpha value is -2.40. The molecule has 0 unspecified atom stereocenters. The highest BCUT2D eigenvalue weighted by molar-refractivity contribution is 7.80. The highest BCUT2D eigenvalue weighted by atomic mass is 32.3. The second kappa shape index (κ2) is 8.38. The van der Waals surface area contributed by atoms with Crippen LogP contribution in [0.4, 0.5) is 4.79 Å². The van der Waals surface area contributed by atoms with Crippen LogP contribution in [0.1, 0.15) is 19.3 Å². The molecule has 3 saturated heterocycles. The number of urea groups is 1. The topological polar surface area (TPSA) is 181 Å². The van der Waals surface area contributed by atoms with Gasteiger partial charge in [0, 0.05) is 25.7 Å². The van der Waals surface area contributed by atoms with Gasteiger partial charge in [0.2, 0.25) is 0 Å². The lowest BCUT2D eigenvalue weighted by molar-refractivity contribution is -0.139. The number of nitrogens with zero attached hydrogens (tertiary/aromatic N) is 6. The molecular weight excluding hydrogens is 424 g/mol. The van der Waals surface area contributed by atoms with Crippen LogP contribution in [0.15, 0.2) is 6.33 Å². The molecule has 3 aliphatic heterocycles. The minimum Gasteiger partial charge on any atom is -0.311 e. The zero-order valence-electron chi connectivity index (χ0n) is 15.8. The number of carbonyl (C=O) groups is 2. The molecule has 2 bridgehead atoms. The van der Waals surface area contributed by atoms with Gasteiger partial charge < -0.3 is 10.2 Å². The molecule has 0 aliphatic carbocycles. The molecule has 16 heteroatoms. The van der Waals surface area contributed by atoms with Crippen molar-refractivity contribution in [3.8, 4) is 0 Å². The first-order valence-corrected chi connectivity index (χ1v) is 10.8. The lowest BCUT2D eigenvalue weighted by atomic mass is 10.0. The van der Waals surface area contributed by atoms with E-state index in [-0.39, 0.29) is 19.2 Å². The summed E-state index contributed by atoms with van der Waals surface area (Å²) in [5.41, 5.74) is 2.37. The number of tetrazole rings is 1. The SMILES string of the molecule is O=C(NOC[C@H]1C[C@@H](Cn2cnnn2)CN1)[C@@H]1CC[C@@H]2CN1C(=O)N2OS(=O)(=O)O. The third kappa shape index (κ3) is 4.67. The molecule has 4 heterocycles. The number of nitrogens with one attached hydrogen (secondary N) is 2. The molecule has 3 amide bonds. The van der Waals surface area contributed by atoms with Crippen molar-refractivity contribution in [2.75, 3.05) is 19.7 Å². The maximum absolute atomic E-state index is 12.5. The van der Waals surface area contributed by atoms with Crippen molar-refractivity contribution in [1.29, 1.82) is 0 Å². The first-order valence-electron chi connectivity index (χ1n) is 9.43. The van der Waals surface area contributed by atoms with E-state index in [2.05, 4.69) is 30.6 Å². The fraction of sp³-hybridized carbons (Fsp3) is 0.786. The monoisotopic (exact) mass is 446 g/mol. The van der Waals surface area contributed by atoms with E-state index in [0.717, 1.165) is 13.0 Å². The van der Waals surface area contributed by atoms with Crippen molar-refractivity contribution < 1.29 is 31.7 Å². The molecule has 0 radical (unpaired) electrons. The summed E-state index contributed by atoms with van der Waals surface area (Å²) < 4.78 is 36.7. The first-order chi connectivity index (χ1) is 14.3. The molecule has 1 aromatic rings. The summed E-state index contributed by atoms with van der Waals surface area (Å²) in [5, 5.41) is 14.9. The van der Waals surface area contributed by atoms with Crippen LogP contribution in [0, 0.1) is 5.92 Å². The van der Waals surface area contributed by atoms with Crippen molar-refractivity contribution in [3.05, 3.63) is 6.33 Å². The molecular formula is C14H22N8O7S. The zero-order valence-corrected chi connectivity index (χ0v) is 16.6. The zero-order chi connectivity index (χ0) is 21.3. The van der Waals surface area contributed by atoms with Gasteiger partial charge in [-0.15, -0.1) is 9.38 Å². The van der Waals surface area contributed by atoms with Crippen molar-refractivity contribution in [2.24, 2.45) is 5.92 Å². The summed E-state index contributed by atoms with van der Waals surface area (Å²) in [7, 11) is -4.83. The average Bonchev–Trinajstić information content (AvgIpc) is 3.40. The predicted molar refractivity (Wildman–Crippen MR) is 95.2 cm³/mol. The summed E-state index contributed by atoms with van der Waals surface area (Å²) in [6, 6.07) is -2.11. The van der Waals surface area contributed by atoms with Crippen molar-refractivity contribution in [1.82, 2.24) is 41.0 Å². The largest absolute Gasteiger partial charge is 0.418 e. The van der Waals surface area contributed by atoms with Gasteiger partial charge in [0.25, 0.3) is 5.91 Å². The van der Waals surface area contributed by atoms with Crippen molar-refractivity contribution >= 4 is 22.3 Å². The molecule has 4 rings (SSSR count). The van der Waals surface area contributed by atoms with Crippen molar-refractivity contribution in [3.63, 3.8) is 0 Å². The molecule has 166 valence electrons. The lowest BCUT2D eigenvalue weighted by Crippen LogP contribution is -2.50. The fourth-order valence-electron chi connectivity index (χ4n) is 4.08. The van der Waals surface area contributed by atoms with Gasteiger partial charge in [0.1, 0.15) is 12.4 Å². The van der Waals surface area contributed by atoms with Gasteiger partial charge in [-0.05, 0) is 35.6 Å². The Morgan fingerprint density at radius 3 is 2.97 bits per heavy atom. The molecule has 15 nitrogen and oxygen atoms in total. The minimum absolute atomic E-state index is 0.0505. The molecule has 30 heavy (non-hydrogen) atoms.